The number of ether oxygens (including phenoxy) is 1. The molecule has 8 heteroatoms. The first-order valence-corrected chi connectivity index (χ1v) is 12.8. The fraction of sp³-hybridized carbons (Fsp3) is 0.345. The fourth-order valence-corrected chi connectivity index (χ4v) is 5.48. The molecular weight excluding hydrogens is 488 g/mol. The van der Waals surface area contributed by atoms with Crippen molar-refractivity contribution in [1.82, 2.24) is 14.5 Å². The van der Waals surface area contributed by atoms with Crippen molar-refractivity contribution in [3.8, 4) is 11.1 Å². The summed E-state index contributed by atoms with van der Waals surface area (Å²) in [5.74, 6) is -0.305. The van der Waals surface area contributed by atoms with Gasteiger partial charge >= 0.3 is 5.97 Å². The summed E-state index contributed by atoms with van der Waals surface area (Å²) < 4.78 is 8.56. The first-order valence-electron chi connectivity index (χ1n) is 12.4. The van der Waals surface area contributed by atoms with E-state index in [2.05, 4.69) is 32.4 Å². The molecule has 192 valence electrons. The minimum Gasteiger partial charge on any atom is -0.479 e. The molecule has 2 aromatic heterocycles. The number of halogens is 1. The van der Waals surface area contributed by atoms with Crippen LogP contribution < -0.4 is 4.90 Å². The van der Waals surface area contributed by atoms with Gasteiger partial charge in [0.25, 0.3) is 0 Å². The van der Waals surface area contributed by atoms with E-state index in [-0.39, 0.29) is 0 Å². The Kier molecular flexibility index (Phi) is 6.46. The van der Waals surface area contributed by atoms with Crippen molar-refractivity contribution in [2.75, 3.05) is 11.4 Å². The average molecular weight is 519 g/mol. The van der Waals surface area contributed by atoms with Crippen LogP contribution >= 0.6 is 11.6 Å². The van der Waals surface area contributed by atoms with Crippen LogP contribution in [0.4, 0.5) is 5.69 Å². The fourth-order valence-electron chi connectivity index (χ4n) is 5.35. The van der Waals surface area contributed by atoms with Gasteiger partial charge in [0.05, 0.1) is 23.3 Å². The standard InChI is InChI=1S/C29H31ClN4O3/c1-17-15-21-24(19-7-9-20(30)10-8-19)23(27(28(35)36)37-29(3,4)5)18(2)25-26(21)34(17)14-13-33(25)16-22-31-11-6-12-32-22/h6-12,15,27H,13-14,16H2,1-5H3,(H,35,36)/t27-/m0/s1. The first kappa shape index (κ1) is 25.2. The van der Waals surface area contributed by atoms with Gasteiger partial charge in [0.1, 0.15) is 5.82 Å². The predicted octanol–water partition coefficient (Wildman–Crippen LogP) is 6.33. The lowest BCUT2D eigenvalue weighted by atomic mass is 9.87. The molecule has 7 nitrogen and oxygen atoms in total. The van der Waals surface area contributed by atoms with Crippen molar-refractivity contribution in [3.05, 3.63) is 76.5 Å². The summed E-state index contributed by atoms with van der Waals surface area (Å²) in [5.41, 5.74) is 5.85. The van der Waals surface area contributed by atoms with Gasteiger partial charge in [0, 0.05) is 47.1 Å². The monoisotopic (exact) mass is 518 g/mol. The Balaban J connectivity index is 1.85. The Bertz CT molecular complexity index is 1470. The molecule has 0 aliphatic carbocycles. The maximum Gasteiger partial charge on any atom is 0.337 e. The minimum absolute atomic E-state index is 0.526. The third-order valence-electron chi connectivity index (χ3n) is 6.78. The highest BCUT2D eigenvalue weighted by Crippen LogP contribution is 2.48. The smallest absolute Gasteiger partial charge is 0.337 e. The van der Waals surface area contributed by atoms with E-state index in [0.717, 1.165) is 57.9 Å². The lowest BCUT2D eigenvalue weighted by Gasteiger charge is -2.35. The summed E-state index contributed by atoms with van der Waals surface area (Å²) in [6, 6.07) is 11.5. The van der Waals surface area contributed by atoms with Crippen LogP contribution in [0.1, 0.15) is 49.5 Å². The Morgan fingerprint density at radius 3 is 2.43 bits per heavy atom. The van der Waals surface area contributed by atoms with Crippen LogP contribution in [0.15, 0.2) is 48.8 Å². The molecule has 2 aromatic carbocycles. The molecule has 0 bridgehead atoms. The quantitative estimate of drug-likeness (QED) is 0.321. The SMILES string of the molecule is Cc1c([C@H](OC(C)(C)C)C(=O)O)c(-c2ccc(Cl)cc2)c2cc(C)n3c2c1N(Cc1ncccn1)CC3. The summed E-state index contributed by atoms with van der Waals surface area (Å²) in [7, 11) is 0. The van der Waals surface area contributed by atoms with E-state index >= 15 is 0 Å². The third-order valence-corrected chi connectivity index (χ3v) is 7.03. The second-order valence-corrected chi connectivity index (χ2v) is 10.9. The van der Waals surface area contributed by atoms with Crippen LogP contribution in [0.2, 0.25) is 5.02 Å². The molecule has 0 saturated carbocycles. The van der Waals surface area contributed by atoms with Gasteiger partial charge in [-0.15, -0.1) is 0 Å². The Labute approximate surface area is 221 Å². The number of rotatable bonds is 6. The van der Waals surface area contributed by atoms with Crippen LogP contribution in [-0.4, -0.2) is 37.8 Å². The third kappa shape index (κ3) is 4.69. The summed E-state index contributed by atoms with van der Waals surface area (Å²) in [6.45, 7) is 11.8. The van der Waals surface area contributed by atoms with Crippen LogP contribution in [0.5, 0.6) is 0 Å². The van der Waals surface area contributed by atoms with Gasteiger partial charge in [-0.2, -0.15) is 0 Å². The van der Waals surface area contributed by atoms with Crippen molar-refractivity contribution in [2.24, 2.45) is 0 Å². The van der Waals surface area contributed by atoms with Crippen molar-refractivity contribution >= 4 is 34.2 Å². The molecule has 1 aliphatic rings. The second-order valence-electron chi connectivity index (χ2n) is 10.5. The molecule has 1 aliphatic heterocycles. The van der Waals surface area contributed by atoms with Gasteiger partial charge in [-0.25, -0.2) is 14.8 Å². The summed E-state index contributed by atoms with van der Waals surface area (Å²) in [5, 5.41) is 12.1. The molecular formula is C29H31ClN4O3. The van der Waals surface area contributed by atoms with Gasteiger partial charge in [0.2, 0.25) is 0 Å². The summed E-state index contributed by atoms with van der Waals surface area (Å²) in [4.78, 5) is 23.9. The molecule has 1 atom stereocenters. The molecule has 0 radical (unpaired) electrons. The number of nitrogens with zero attached hydrogens (tertiary/aromatic N) is 4. The Hall–Kier alpha value is -3.42. The van der Waals surface area contributed by atoms with Gasteiger partial charge in [-0.1, -0.05) is 23.7 Å². The summed E-state index contributed by atoms with van der Waals surface area (Å²) >= 11 is 6.23. The van der Waals surface area contributed by atoms with Crippen molar-refractivity contribution in [3.63, 3.8) is 0 Å². The van der Waals surface area contributed by atoms with Crippen molar-refractivity contribution < 1.29 is 14.6 Å². The molecule has 0 spiro atoms. The van der Waals surface area contributed by atoms with Gasteiger partial charge in [-0.3, -0.25) is 0 Å². The molecule has 4 aromatic rings. The van der Waals surface area contributed by atoms with Crippen molar-refractivity contribution in [1.29, 1.82) is 0 Å². The number of carboxylic acids is 1. The number of carbonyl (C=O) groups is 1. The molecule has 0 unspecified atom stereocenters. The molecule has 0 fully saturated rings. The molecule has 0 saturated heterocycles. The van der Waals surface area contributed by atoms with Crippen molar-refractivity contribution in [2.45, 2.75) is 59.4 Å². The largest absolute Gasteiger partial charge is 0.479 e. The first-order chi connectivity index (χ1) is 17.5. The number of carboxylic acid groups (broad SMARTS) is 1. The van der Waals surface area contributed by atoms with E-state index in [9.17, 15) is 9.90 Å². The zero-order chi connectivity index (χ0) is 26.5. The van der Waals surface area contributed by atoms with E-state index in [4.69, 9.17) is 16.3 Å². The van der Waals surface area contributed by atoms with E-state index in [1.54, 1.807) is 18.5 Å². The number of benzene rings is 2. The summed E-state index contributed by atoms with van der Waals surface area (Å²) in [6.07, 6.45) is 2.33. The zero-order valence-electron chi connectivity index (χ0n) is 21.7. The number of hydrogen-bond donors (Lipinski definition) is 1. The Morgan fingerprint density at radius 2 is 1.81 bits per heavy atom. The maximum atomic E-state index is 12.8. The number of hydrogen-bond acceptors (Lipinski definition) is 5. The van der Waals surface area contributed by atoms with Crippen LogP contribution in [0, 0.1) is 13.8 Å². The van der Waals surface area contributed by atoms with Gasteiger partial charge in [0.15, 0.2) is 6.10 Å². The zero-order valence-corrected chi connectivity index (χ0v) is 22.5. The highest BCUT2D eigenvalue weighted by Gasteiger charge is 2.36. The van der Waals surface area contributed by atoms with Crippen LogP contribution in [0.25, 0.3) is 22.0 Å². The molecule has 0 amide bonds. The lowest BCUT2D eigenvalue weighted by molar-refractivity contribution is -0.160. The molecule has 1 N–H and O–H groups in total. The average Bonchev–Trinajstić information content (AvgIpc) is 3.17. The van der Waals surface area contributed by atoms with Gasteiger partial charge in [-0.05, 0) is 75.6 Å². The minimum atomic E-state index is -1.16. The highest BCUT2D eigenvalue weighted by atomic mass is 35.5. The van der Waals surface area contributed by atoms with E-state index in [1.807, 2.05) is 52.0 Å². The van der Waals surface area contributed by atoms with E-state index < -0.39 is 17.7 Å². The normalized spacial score (nSPS) is 14.3. The van der Waals surface area contributed by atoms with E-state index in [1.165, 1.54) is 0 Å². The van der Waals surface area contributed by atoms with E-state index in [0.29, 0.717) is 17.1 Å². The van der Waals surface area contributed by atoms with Crippen LogP contribution in [-0.2, 0) is 22.6 Å². The Morgan fingerprint density at radius 1 is 1.14 bits per heavy atom. The molecule has 37 heavy (non-hydrogen) atoms. The maximum absolute atomic E-state index is 12.8. The van der Waals surface area contributed by atoms with Gasteiger partial charge < -0.3 is 19.3 Å². The predicted molar refractivity (Wildman–Crippen MR) is 146 cm³/mol. The second kappa shape index (κ2) is 9.47. The number of aryl methyl sites for hydroxylation is 1. The number of anilines is 1. The number of aliphatic carboxylic acids is 1. The molecule has 5 rings (SSSR count). The number of aromatic nitrogens is 3. The highest BCUT2D eigenvalue weighted by molar-refractivity contribution is 6.30. The molecule has 3 heterocycles. The lowest BCUT2D eigenvalue weighted by Crippen LogP contribution is -2.34. The topological polar surface area (TPSA) is 80.5 Å². The van der Waals surface area contributed by atoms with Crippen LogP contribution in [0.3, 0.4) is 0 Å².